The summed E-state index contributed by atoms with van der Waals surface area (Å²) in [6.45, 7) is 22.2. The molecule has 19 unspecified atom stereocenters. The Labute approximate surface area is 569 Å². The molecule has 5 aromatic rings. The molecule has 16 aliphatic rings. The van der Waals surface area contributed by atoms with Crippen molar-refractivity contribution in [3.8, 4) is 5.75 Å². The number of unbranched alkanes of at least 4 members (excludes halogenated alkanes) is 2. The van der Waals surface area contributed by atoms with Gasteiger partial charge in [0.25, 0.3) is 0 Å². The number of primary amides is 1. The Balaban J connectivity index is 0.929. The Morgan fingerprint density at radius 2 is 1.45 bits per heavy atom. The van der Waals surface area contributed by atoms with Gasteiger partial charge >= 0.3 is 0 Å². The molecule has 494 valence electrons. The number of hydrogen-bond acceptors (Lipinski definition) is 4. The fourth-order valence-electron chi connectivity index (χ4n) is 28.0. The van der Waals surface area contributed by atoms with Crippen molar-refractivity contribution in [2.75, 3.05) is 5.75 Å². The third kappa shape index (κ3) is 7.36. The van der Waals surface area contributed by atoms with Crippen LogP contribution in [0.1, 0.15) is 254 Å². The maximum Gasteiger partial charge on any atom is 0.220 e. The zero-order valence-corrected chi connectivity index (χ0v) is 59.8. The van der Waals surface area contributed by atoms with Gasteiger partial charge in [-0.25, -0.2) is 0 Å². The number of thioether (sulfide) groups is 1. The van der Waals surface area contributed by atoms with E-state index in [9.17, 15) is 9.90 Å². The highest BCUT2D eigenvalue weighted by atomic mass is 32.2. The van der Waals surface area contributed by atoms with Gasteiger partial charge in [0.05, 0.1) is 6.04 Å². The van der Waals surface area contributed by atoms with E-state index in [4.69, 9.17) is 10.7 Å². The summed E-state index contributed by atoms with van der Waals surface area (Å²) >= 11 is 2.22. The molecule has 19 atom stereocenters. The van der Waals surface area contributed by atoms with E-state index >= 15 is 0 Å². The predicted octanol–water partition coefficient (Wildman–Crippen LogP) is 18.6. The Hall–Kier alpha value is -4.87. The molecule has 4 nitrogen and oxygen atoms in total. The van der Waals surface area contributed by atoms with Gasteiger partial charge in [-0.3, -0.25) is 9.79 Å². The first-order valence-corrected chi connectivity index (χ1v) is 41.3. The maximum atomic E-state index is 14.2. The minimum Gasteiger partial charge on any atom is -0.507 e. The van der Waals surface area contributed by atoms with Crippen molar-refractivity contribution in [3.63, 3.8) is 0 Å². The monoisotopic (exact) mass is 1280 g/mol. The van der Waals surface area contributed by atoms with Crippen LogP contribution in [0.25, 0.3) is 72.0 Å². The number of hydrogen-bond donors (Lipinski definition) is 2. The quantitative estimate of drug-likeness (QED) is 0.0491. The fraction of sp³-hybridized carbons (Fsp3) is 0.622. The number of phenols is 1. The first-order valence-electron chi connectivity index (χ1n) is 40.3. The molecule has 6 fully saturated rings. The van der Waals surface area contributed by atoms with Crippen LogP contribution >= 0.6 is 11.8 Å². The lowest BCUT2D eigenvalue weighted by Gasteiger charge is -2.59. The van der Waals surface area contributed by atoms with E-state index in [2.05, 4.69) is 92.3 Å². The van der Waals surface area contributed by atoms with E-state index in [0.717, 1.165) is 50.9 Å². The molecule has 1 aliphatic heterocycles. The van der Waals surface area contributed by atoms with Crippen molar-refractivity contribution < 1.29 is 9.90 Å². The highest BCUT2D eigenvalue weighted by molar-refractivity contribution is 7.99. The van der Waals surface area contributed by atoms with E-state index in [0.29, 0.717) is 106 Å². The van der Waals surface area contributed by atoms with E-state index in [1.54, 1.807) is 98.3 Å². The van der Waals surface area contributed by atoms with Crippen molar-refractivity contribution in [1.29, 1.82) is 0 Å². The van der Waals surface area contributed by atoms with Crippen LogP contribution in [0.5, 0.6) is 5.75 Å². The number of nitrogens with two attached hydrogens (primary N) is 1. The molecule has 0 aromatic heterocycles. The van der Waals surface area contributed by atoms with Gasteiger partial charge in [-0.1, -0.05) is 149 Å². The topological polar surface area (TPSA) is 75.7 Å². The van der Waals surface area contributed by atoms with Gasteiger partial charge in [-0.15, -0.1) is 0 Å². The highest BCUT2D eigenvalue weighted by Gasteiger charge is 2.63. The lowest BCUT2D eigenvalue weighted by molar-refractivity contribution is -0.126. The lowest BCUT2D eigenvalue weighted by Crippen LogP contribution is -2.55. The Kier molecular flexibility index (Phi) is 13.0. The van der Waals surface area contributed by atoms with Crippen LogP contribution < -0.4 is 26.6 Å². The van der Waals surface area contributed by atoms with Crippen molar-refractivity contribution in [2.45, 2.75) is 246 Å². The van der Waals surface area contributed by atoms with Gasteiger partial charge in [0.15, 0.2) is 0 Å². The second kappa shape index (κ2) is 20.9. The van der Waals surface area contributed by atoms with Crippen molar-refractivity contribution >= 4 is 95.3 Å². The summed E-state index contributed by atoms with van der Waals surface area (Å²) in [4.78, 5) is 20.5. The molecule has 15 aliphatic carbocycles. The van der Waals surface area contributed by atoms with Crippen molar-refractivity contribution in [1.82, 2.24) is 0 Å². The van der Waals surface area contributed by atoms with Gasteiger partial charge in [-0.05, 0) is 306 Å². The number of rotatable bonds is 19. The molecule has 21 rings (SSSR count). The smallest absolute Gasteiger partial charge is 0.220 e. The number of amides is 1. The van der Waals surface area contributed by atoms with Crippen LogP contribution in [-0.4, -0.2) is 33.8 Å². The van der Waals surface area contributed by atoms with Crippen LogP contribution in [0.15, 0.2) is 44.5 Å². The fourth-order valence-corrected chi connectivity index (χ4v) is 28.9. The number of phenolic OH excluding ortho intramolecular Hbond substituents is 1. The second-order valence-corrected chi connectivity index (χ2v) is 37.7. The first-order chi connectivity index (χ1) is 46.3. The third-order valence-electron chi connectivity index (χ3n) is 31.6. The largest absolute Gasteiger partial charge is 0.507 e. The Bertz CT molecular complexity index is 4800. The summed E-state index contributed by atoms with van der Waals surface area (Å²) in [7, 11) is 0. The summed E-state index contributed by atoms with van der Waals surface area (Å²) in [6, 6.07) is 0.0413. The molecule has 1 amide bonds. The van der Waals surface area contributed by atoms with Crippen LogP contribution in [0.4, 0.5) is 0 Å². The molecule has 0 spiro atoms. The molecule has 0 radical (unpaired) electrons. The molecule has 5 aromatic carbocycles. The van der Waals surface area contributed by atoms with E-state index < -0.39 is 0 Å². The number of fused-ring (bicyclic) bond motifs is 8. The standard InChI is InChI=1S/C90H106N2O2S/c1-10-13-18-43(17-12-3)46-34-59-60-32-44-19-15-22-53-64(44)76-72(60)79-74(61(59)35-46)89(93)57-31-29-55-69-54-23-16-21-50-49(52(90(91)94)20-14-11-2)27-30-56(67(50)54)88-87(69)83-75-63(92-88)37-47-36-58-48(42(9)38-95-40(6)7)26-28-51(58)68-62-33-45(25-24-41(8)39(4)5)65(53)77-73(62)82(78(75)66(47)68)85-80(83)70(55)71(57)81(79)86(85)84(76)77/h31-32,37,39-46,48-52,54,56,58,63,66-67,77-78,93H,10-30,33-36,38H2,1-9H3,(H2,91,94). The SMILES string of the molecule is CCCCC(CCC)C1Cc2c(c3c(O)c4c5c6c(c7c8c9c6c6c%10c%11c%12c(c2=CC2CCCC(=C%13C(CCC(C)C(C)C)CC%14=C%15C%16CCC(C(C)CSC(C)C)C%16CC%16=CC(N=C8C8CCC(C(CCCC)C(N)=O)C%17CCCC7C8%17)C=9C(C6=C%14C%13%11)C%16%15)C=%122)c3c%105)CC=4)C1. The molecule has 1 heterocycles. The number of carbonyl (C=O) groups is 1. The summed E-state index contributed by atoms with van der Waals surface area (Å²) in [6.07, 6.45) is 38.7. The van der Waals surface area contributed by atoms with Gasteiger partial charge < -0.3 is 10.8 Å². The molecule has 6 saturated carbocycles. The number of aliphatic imine (C=N–C) groups is 1. The van der Waals surface area contributed by atoms with Gasteiger partial charge in [0.2, 0.25) is 5.91 Å². The van der Waals surface area contributed by atoms with Crippen LogP contribution in [0.3, 0.4) is 0 Å². The van der Waals surface area contributed by atoms with Gasteiger partial charge in [-0.2, -0.15) is 11.8 Å². The molecule has 3 N–H and O–H groups in total. The van der Waals surface area contributed by atoms with Gasteiger partial charge in [0.1, 0.15) is 5.75 Å². The molecular weight excluding hydrogens is 1170 g/mol. The van der Waals surface area contributed by atoms with Crippen molar-refractivity contribution in [2.24, 2.45) is 111 Å². The molecule has 5 heteroatoms. The highest BCUT2D eigenvalue weighted by Crippen LogP contribution is 2.73. The van der Waals surface area contributed by atoms with Gasteiger partial charge in [0, 0.05) is 68.2 Å². The average Bonchev–Trinajstić information content (AvgIpc) is 0.883. The zero-order chi connectivity index (χ0) is 63.9. The number of aromatic hydroxyl groups is 1. The molecule has 0 saturated heterocycles. The van der Waals surface area contributed by atoms with E-state index in [1.165, 1.54) is 154 Å². The van der Waals surface area contributed by atoms with E-state index in [1.807, 2.05) is 27.9 Å². The Morgan fingerprint density at radius 3 is 2.26 bits per heavy atom. The Morgan fingerprint density at radius 1 is 0.642 bits per heavy atom. The minimum atomic E-state index is -0.0478. The minimum absolute atomic E-state index is 0.0413. The lowest BCUT2D eigenvalue weighted by atomic mass is 9.45. The van der Waals surface area contributed by atoms with Crippen LogP contribution in [0, 0.1) is 101 Å². The third-order valence-corrected chi connectivity index (χ3v) is 33.0. The number of carbonyl (C=O) groups excluding carboxylic acids is 1. The van der Waals surface area contributed by atoms with Crippen LogP contribution in [0.2, 0.25) is 0 Å². The summed E-state index contributed by atoms with van der Waals surface area (Å²) in [5.41, 5.74) is 36.2. The summed E-state index contributed by atoms with van der Waals surface area (Å²) < 4.78 is 0. The molecular formula is C90H106N2O2S. The number of benzene rings is 5. The first kappa shape index (κ1) is 59.0. The normalized spacial score (nSPS) is 34.0. The molecule has 95 heavy (non-hydrogen) atoms. The van der Waals surface area contributed by atoms with E-state index in [-0.39, 0.29) is 23.8 Å². The zero-order valence-electron chi connectivity index (χ0n) is 59.0. The summed E-state index contributed by atoms with van der Waals surface area (Å²) in [5, 5.41) is 33.2. The summed E-state index contributed by atoms with van der Waals surface area (Å²) in [5.74, 6) is 11.4. The second-order valence-electron chi connectivity index (χ2n) is 36.1. The van der Waals surface area contributed by atoms with Crippen molar-refractivity contribution in [3.05, 3.63) is 99.3 Å². The average molecular weight is 1280 g/mol. The number of nitrogens with zero attached hydrogens (tertiary/aromatic N) is 1. The number of allylic oxidation sites excluding steroid dienone is 7. The maximum absolute atomic E-state index is 14.2. The van der Waals surface area contributed by atoms with Crippen LogP contribution in [-0.2, 0) is 24.1 Å². The predicted molar refractivity (Wildman–Crippen MR) is 397 cm³/mol. The molecule has 0 bridgehead atoms.